The van der Waals surface area contributed by atoms with Crippen molar-refractivity contribution in [2.45, 2.75) is 26.8 Å². The van der Waals surface area contributed by atoms with Gasteiger partial charge in [0.1, 0.15) is 0 Å². The maximum Gasteiger partial charge on any atom is 0.335 e. The smallest absolute Gasteiger partial charge is 0.335 e. The van der Waals surface area contributed by atoms with E-state index in [4.69, 9.17) is 10.8 Å². The predicted octanol–water partition coefficient (Wildman–Crippen LogP) is 1.39. The molecule has 0 unspecified atom stereocenters. The highest BCUT2D eigenvalue weighted by Gasteiger charge is 2.15. The third-order valence-electron chi connectivity index (χ3n) is 2.72. The predicted molar refractivity (Wildman–Crippen MR) is 69.8 cm³/mol. The molecule has 0 aliphatic carbocycles. The second-order valence-electron chi connectivity index (χ2n) is 4.49. The van der Waals surface area contributed by atoms with Gasteiger partial charge in [0.25, 0.3) is 0 Å². The summed E-state index contributed by atoms with van der Waals surface area (Å²) in [7, 11) is 0. The van der Waals surface area contributed by atoms with Gasteiger partial charge in [-0.1, -0.05) is 0 Å². The van der Waals surface area contributed by atoms with Gasteiger partial charge < -0.3 is 15.7 Å². The fourth-order valence-corrected chi connectivity index (χ4v) is 1.81. The van der Waals surface area contributed by atoms with Crippen LogP contribution in [0, 0.1) is 6.92 Å². The van der Waals surface area contributed by atoms with Crippen LogP contribution in [-0.4, -0.2) is 29.6 Å². The van der Waals surface area contributed by atoms with E-state index in [0.717, 1.165) is 5.69 Å². The number of carbonyl (C=O) groups excluding carboxylic acids is 1. The number of hydrogen-bond donors (Lipinski definition) is 2. The van der Waals surface area contributed by atoms with Crippen LogP contribution >= 0.6 is 0 Å². The number of aryl methyl sites for hydroxylation is 1. The van der Waals surface area contributed by atoms with Gasteiger partial charge in [-0.15, -0.1) is 0 Å². The van der Waals surface area contributed by atoms with E-state index in [1.807, 2.05) is 18.7 Å². The third kappa shape index (κ3) is 3.23. The van der Waals surface area contributed by atoms with Crippen molar-refractivity contribution >= 4 is 17.6 Å². The summed E-state index contributed by atoms with van der Waals surface area (Å²) >= 11 is 0. The van der Waals surface area contributed by atoms with Gasteiger partial charge in [-0.3, -0.25) is 4.79 Å². The van der Waals surface area contributed by atoms with Crippen molar-refractivity contribution in [2.24, 2.45) is 5.73 Å². The maximum absolute atomic E-state index is 11.0. The first-order chi connectivity index (χ1) is 8.32. The molecular formula is C13H18N2O3. The molecule has 0 saturated heterocycles. The van der Waals surface area contributed by atoms with Gasteiger partial charge in [0.2, 0.25) is 5.91 Å². The Bertz CT molecular complexity index is 469. The van der Waals surface area contributed by atoms with Crippen molar-refractivity contribution in [1.82, 2.24) is 0 Å². The number of aromatic carboxylic acids is 1. The minimum absolute atomic E-state index is 0.104. The van der Waals surface area contributed by atoms with Crippen LogP contribution in [0.3, 0.4) is 0 Å². The Morgan fingerprint density at radius 2 is 2.00 bits per heavy atom. The molecule has 0 fully saturated rings. The molecule has 5 nitrogen and oxygen atoms in total. The largest absolute Gasteiger partial charge is 0.478 e. The first-order valence-electron chi connectivity index (χ1n) is 5.71. The minimum Gasteiger partial charge on any atom is -0.478 e. The lowest BCUT2D eigenvalue weighted by Crippen LogP contribution is -2.38. The molecule has 0 aliphatic heterocycles. The van der Waals surface area contributed by atoms with Crippen LogP contribution in [0.25, 0.3) is 0 Å². The molecule has 5 heteroatoms. The Balaban J connectivity index is 3.10. The molecule has 1 amide bonds. The molecule has 1 rings (SSSR count). The summed E-state index contributed by atoms with van der Waals surface area (Å²) in [5, 5.41) is 8.96. The monoisotopic (exact) mass is 250 g/mol. The molecule has 0 saturated carbocycles. The van der Waals surface area contributed by atoms with Gasteiger partial charge in [-0.25, -0.2) is 4.79 Å². The molecule has 0 spiro atoms. The van der Waals surface area contributed by atoms with Gasteiger partial charge in [0.15, 0.2) is 0 Å². The van der Waals surface area contributed by atoms with E-state index in [9.17, 15) is 9.59 Å². The normalized spacial score (nSPS) is 10.4. The molecule has 1 aromatic carbocycles. The summed E-state index contributed by atoms with van der Waals surface area (Å²) in [6.07, 6.45) is 0. The number of rotatable bonds is 5. The lowest BCUT2D eigenvalue weighted by atomic mass is 10.1. The lowest BCUT2D eigenvalue weighted by Gasteiger charge is -2.28. The van der Waals surface area contributed by atoms with Crippen LogP contribution in [0.4, 0.5) is 5.69 Å². The van der Waals surface area contributed by atoms with Crippen LogP contribution in [0.15, 0.2) is 18.2 Å². The van der Waals surface area contributed by atoms with Crippen molar-refractivity contribution in [3.63, 3.8) is 0 Å². The van der Waals surface area contributed by atoms with E-state index in [-0.39, 0.29) is 18.2 Å². The molecule has 0 heterocycles. The highest BCUT2D eigenvalue weighted by molar-refractivity contribution is 5.90. The summed E-state index contributed by atoms with van der Waals surface area (Å²) in [6.45, 7) is 5.74. The Labute approximate surface area is 106 Å². The van der Waals surface area contributed by atoms with Crippen LogP contribution in [0.5, 0.6) is 0 Å². The van der Waals surface area contributed by atoms with E-state index in [0.29, 0.717) is 5.56 Å². The quantitative estimate of drug-likeness (QED) is 0.827. The number of carboxylic acid groups (broad SMARTS) is 1. The average Bonchev–Trinajstić information content (AvgIpc) is 2.24. The van der Waals surface area contributed by atoms with E-state index < -0.39 is 11.9 Å². The van der Waals surface area contributed by atoms with E-state index in [1.54, 1.807) is 25.1 Å². The zero-order chi connectivity index (χ0) is 13.9. The Morgan fingerprint density at radius 3 is 2.39 bits per heavy atom. The number of nitrogens with two attached hydrogens (primary N) is 1. The number of primary amides is 1. The first kappa shape index (κ1) is 14.0. The highest BCUT2D eigenvalue weighted by Crippen LogP contribution is 2.21. The second kappa shape index (κ2) is 5.53. The molecule has 0 bridgehead atoms. The summed E-state index contributed by atoms with van der Waals surface area (Å²) in [6, 6.07) is 5.10. The summed E-state index contributed by atoms with van der Waals surface area (Å²) in [5.41, 5.74) is 6.93. The first-order valence-corrected chi connectivity index (χ1v) is 5.71. The Kier molecular flexibility index (Phi) is 4.31. The number of benzene rings is 1. The van der Waals surface area contributed by atoms with E-state index in [2.05, 4.69) is 0 Å². The second-order valence-corrected chi connectivity index (χ2v) is 4.49. The molecule has 3 N–H and O–H groups in total. The number of nitrogens with zero attached hydrogens (tertiary/aromatic N) is 1. The molecule has 98 valence electrons. The molecule has 0 atom stereocenters. The number of hydrogen-bond acceptors (Lipinski definition) is 3. The Morgan fingerprint density at radius 1 is 1.39 bits per heavy atom. The number of carbonyl (C=O) groups is 2. The fourth-order valence-electron chi connectivity index (χ4n) is 1.81. The van der Waals surface area contributed by atoms with Crippen molar-refractivity contribution in [3.8, 4) is 0 Å². The summed E-state index contributed by atoms with van der Waals surface area (Å²) in [5.74, 6) is -1.37. The molecular weight excluding hydrogens is 232 g/mol. The zero-order valence-electron chi connectivity index (χ0n) is 10.8. The standard InChI is InChI=1S/C13H18N2O3/c1-8(2)15(7-12(14)16)10-4-5-11(13(17)18)9(3)6-10/h4-6,8H,7H2,1-3H3,(H2,14,16)(H,17,18). The van der Waals surface area contributed by atoms with Crippen molar-refractivity contribution in [2.75, 3.05) is 11.4 Å². The molecule has 1 aromatic rings. The lowest BCUT2D eigenvalue weighted by molar-refractivity contribution is -0.116. The van der Waals surface area contributed by atoms with Gasteiger partial charge in [0.05, 0.1) is 12.1 Å². The molecule has 0 aromatic heterocycles. The summed E-state index contributed by atoms with van der Waals surface area (Å²) < 4.78 is 0. The van der Waals surface area contributed by atoms with E-state index >= 15 is 0 Å². The maximum atomic E-state index is 11.0. The number of anilines is 1. The molecule has 18 heavy (non-hydrogen) atoms. The van der Waals surface area contributed by atoms with Gasteiger partial charge in [-0.2, -0.15) is 0 Å². The van der Waals surface area contributed by atoms with Crippen LogP contribution in [0.2, 0.25) is 0 Å². The van der Waals surface area contributed by atoms with Crippen LogP contribution in [0.1, 0.15) is 29.8 Å². The van der Waals surface area contributed by atoms with Crippen LogP contribution < -0.4 is 10.6 Å². The van der Waals surface area contributed by atoms with Crippen molar-refractivity contribution < 1.29 is 14.7 Å². The van der Waals surface area contributed by atoms with E-state index in [1.165, 1.54) is 0 Å². The third-order valence-corrected chi connectivity index (χ3v) is 2.72. The average molecular weight is 250 g/mol. The SMILES string of the molecule is Cc1cc(N(CC(N)=O)C(C)C)ccc1C(=O)O. The van der Waals surface area contributed by atoms with Gasteiger partial charge in [-0.05, 0) is 44.5 Å². The summed E-state index contributed by atoms with van der Waals surface area (Å²) in [4.78, 5) is 23.8. The minimum atomic E-state index is -0.954. The highest BCUT2D eigenvalue weighted by atomic mass is 16.4. The topological polar surface area (TPSA) is 83.6 Å². The number of amides is 1. The van der Waals surface area contributed by atoms with Crippen molar-refractivity contribution in [3.05, 3.63) is 29.3 Å². The number of carboxylic acids is 1. The van der Waals surface area contributed by atoms with Gasteiger partial charge in [0, 0.05) is 11.7 Å². The fraction of sp³-hybridized carbons (Fsp3) is 0.385. The zero-order valence-corrected chi connectivity index (χ0v) is 10.8. The Hall–Kier alpha value is -2.04. The molecule has 0 radical (unpaired) electrons. The van der Waals surface area contributed by atoms with Crippen LogP contribution in [-0.2, 0) is 4.79 Å². The molecule has 0 aliphatic rings. The van der Waals surface area contributed by atoms with Crippen molar-refractivity contribution in [1.29, 1.82) is 0 Å². The van der Waals surface area contributed by atoms with Gasteiger partial charge >= 0.3 is 5.97 Å².